The van der Waals surface area contributed by atoms with Gasteiger partial charge in [-0.1, -0.05) is 107 Å². The summed E-state index contributed by atoms with van der Waals surface area (Å²) in [5.74, 6) is 0. The van der Waals surface area contributed by atoms with Gasteiger partial charge in [0.15, 0.2) is 0 Å². The van der Waals surface area contributed by atoms with Gasteiger partial charge in [0.1, 0.15) is 0 Å². The van der Waals surface area contributed by atoms with Crippen LogP contribution in [-0.4, -0.2) is 69.0 Å². The third-order valence-electron chi connectivity index (χ3n) is 7.89. The first-order chi connectivity index (χ1) is 17.9. The number of hydrogen-bond acceptors (Lipinski definition) is 2. The Morgan fingerprint density at radius 1 is 0.324 bits per heavy atom. The van der Waals surface area contributed by atoms with E-state index in [4.69, 9.17) is 10.0 Å². The number of rotatable bonds is 24. The molecule has 0 saturated heterocycles. The van der Waals surface area contributed by atoms with Crippen molar-refractivity contribution >= 4 is 7.69 Å². The van der Waals surface area contributed by atoms with Crippen molar-refractivity contribution < 1.29 is 19.0 Å². The molecule has 0 amide bonds. The van der Waals surface area contributed by atoms with Crippen LogP contribution in [0.25, 0.3) is 0 Å². The highest BCUT2D eigenvalue weighted by atomic mass is 16.4. The van der Waals surface area contributed by atoms with Crippen LogP contribution in [0.4, 0.5) is 0 Å². The molecule has 0 aliphatic carbocycles. The lowest BCUT2D eigenvalue weighted by Gasteiger charge is -2.39. The third-order valence-corrected chi connectivity index (χ3v) is 7.89. The molecule has 4 nitrogen and oxygen atoms in total. The topological polar surface area (TPSA) is 46.1 Å². The molecule has 0 bridgehead atoms. The molecule has 0 aliphatic rings. The molecule has 0 spiro atoms. The Hall–Kier alpha value is -0.0951. The van der Waals surface area contributed by atoms with Gasteiger partial charge in [0, 0.05) is 0 Å². The zero-order chi connectivity index (χ0) is 28.7. The minimum Gasteiger partial charge on any atom is -0.896 e. The van der Waals surface area contributed by atoms with Crippen molar-refractivity contribution in [2.24, 2.45) is 0 Å². The summed E-state index contributed by atoms with van der Waals surface area (Å²) in [6.45, 7) is 30.0. The van der Waals surface area contributed by atoms with Crippen molar-refractivity contribution in [3.05, 3.63) is 0 Å². The molecular weight excluding hydrogens is 455 g/mol. The molecule has 0 aromatic heterocycles. The normalized spacial score (nSPS) is 11.4. The predicted molar refractivity (Wildman–Crippen MR) is 166 cm³/mol. The Balaban J connectivity index is -0.000000564. The second-order valence-electron chi connectivity index (χ2n) is 11.4. The Kier molecular flexibility index (Phi) is 35.9. The quantitative estimate of drug-likeness (QED) is 0.100. The smallest absolute Gasteiger partial charge is 0.0786 e. The summed E-state index contributed by atoms with van der Waals surface area (Å²) in [4.78, 5) is 0. The molecule has 0 radical (unpaired) electrons. The van der Waals surface area contributed by atoms with Crippen molar-refractivity contribution in [3.8, 4) is 0 Å². The maximum absolute atomic E-state index is 8.38. The van der Waals surface area contributed by atoms with Gasteiger partial charge in [0.25, 0.3) is 0 Å². The number of quaternary nitrogens is 2. The van der Waals surface area contributed by atoms with Crippen molar-refractivity contribution in [2.45, 2.75) is 158 Å². The van der Waals surface area contributed by atoms with E-state index >= 15 is 0 Å². The van der Waals surface area contributed by atoms with Crippen LogP contribution < -0.4 is 10.0 Å². The van der Waals surface area contributed by atoms with E-state index in [1.165, 1.54) is 164 Å². The molecule has 0 atom stereocenters. The lowest BCUT2D eigenvalue weighted by molar-refractivity contribution is -0.929. The van der Waals surface area contributed by atoms with Crippen molar-refractivity contribution in [1.82, 2.24) is 0 Å². The van der Waals surface area contributed by atoms with Crippen LogP contribution in [-0.2, 0) is 0 Å². The van der Waals surface area contributed by atoms with Crippen molar-refractivity contribution in [3.63, 3.8) is 0 Å². The number of hydrogen-bond donors (Lipinski definition) is 0. The highest BCUT2D eigenvalue weighted by molar-refractivity contribution is 6.08. The maximum atomic E-state index is 8.38. The van der Waals surface area contributed by atoms with Gasteiger partial charge in [-0.25, -0.2) is 0 Å². The molecule has 37 heavy (non-hydrogen) atoms. The SMILES string of the molecule is CCCC[N+](CCCC)(CCCC)CCCC.CCCC[N+](CCCC)(CCCC)CCCC.[O-]B[O-]. The van der Waals surface area contributed by atoms with Crippen LogP contribution in [0.15, 0.2) is 0 Å². The summed E-state index contributed by atoms with van der Waals surface area (Å²) in [7, 11) is -1.25. The fraction of sp³-hybridized carbons (Fsp3) is 1.00. The van der Waals surface area contributed by atoms with Gasteiger partial charge in [-0.05, 0) is 51.4 Å². The molecule has 0 heterocycles. The van der Waals surface area contributed by atoms with E-state index in [2.05, 4.69) is 55.4 Å². The van der Waals surface area contributed by atoms with E-state index in [-0.39, 0.29) is 0 Å². The molecule has 0 N–H and O–H groups in total. The van der Waals surface area contributed by atoms with Gasteiger partial charge in [0.2, 0.25) is 0 Å². The van der Waals surface area contributed by atoms with Crippen LogP contribution in [0.5, 0.6) is 0 Å². The van der Waals surface area contributed by atoms with Crippen LogP contribution >= 0.6 is 0 Å². The second-order valence-corrected chi connectivity index (χ2v) is 11.4. The van der Waals surface area contributed by atoms with Gasteiger partial charge >= 0.3 is 0 Å². The lowest BCUT2D eigenvalue weighted by Crippen LogP contribution is -2.50. The van der Waals surface area contributed by atoms with Crippen LogP contribution in [0.1, 0.15) is 158 Å². The number of nitrogens with zero attached hydrogens (tertiary/aromatic N) is 2. The van der Waals surface area contributed by atoms with E-state index in [0.29, 0.717) is 0 Å². The average molecular weight is 529 g/mol. The van der Waals surface area contributed by atoms with Gasteiger partial charge in [0.05, 0.1) is 52.4 Å². The number of unbranched alkanes of at least 4 members (excludes halogenated alkanes) is 8. The summed E-state index contributed by atoms with van der Waals surface area (Å²) in [6, 6.07) is 0. The Labute approximate surface area is 237 Å². The van der Waals surface area contributed by atoms with Crippen LogP contribution in [0.2, 0.25) is 0 Å². The summed E-state index contributed by atoms with van der Waals surface area (Å²) in [5.41, 5.74) is 0. The van der Waals surface area contributed by atoms with E-state index in [0.717, 1.165) is 0 Å². The van der Waals surface area contributed by atoms with Crippen LogP contribution in [0.3, 0.4) is 0 Å². The summed E-state index contributed by atoms with van der Waals surface area (Å²) >= 11 is 0. The summed E-state index contributed by atoms with van der Waals surface area (Å²) in [5, 5.41) is 16.8. The van der Waals surface area contributed by atoms with Gasteiger partial charge in [-0.15, -0.1) is 7.69 Å². The van der Waals surface area contributed by atoms with Crippen molar-refractivity contribution in [1.29, 1.82) is 0 Å². The first-order valence-electron chi connectivity index (χ1n) is 16.8. The lowest BCUT2D eigenvalue weighted by atomic mass is 10.1. The maximum Gasteiger partial charge on any atom is 0.0786 e. The zero-order valence-corrected chi connectivity index (χ0v) is 27.4. The van der Waals surface area contributed by atoms with E-state index in [1.807, 2.05) is 0 Å². The van der Waals surface area contributed by atoms with Gasteiger partial charge in [-0.3, -0.25) is 0 Å². The Morgan fingerprint density at radius 2 is 0.432 bits per heavy atom. The molecule has 0 aromatic carbocycles. The molecular formula is C32H73BN2O2. The predicted octanol–water partition coefficient (Wildman–Crippen LogP) is 6.98. The first kappa shape index (κ1) is 41.4. The highest BCUT2D eigenvalue weighted by Gasteiger charge is 2.25. The molecule has 0 aromatic rings. The van der Waals surface area contributed by atoms with Crippen LogP contribution in [0, 0.1) is 0 Å². The standard InChI is InChI=1S/2C16H36N.BHO2/c2*1-5-9-13-17(14-10-6-2,15-11-7-3)16-12-8-4;2-1-3/h2*5-16H2,1-4H3;1H/q2*+1;-2. The Morgan fingerprint density at radius 3 is 0.514 bits per heavy atom. The van der Waals surface area contributed by atoms with Gasteiger partial charge in [-0.2, -0.15) is 0 Å². The highest BCUT2D eigenvalue weighted by Crippen LogP contribution is 2.17. The molecule has 5 heteroatoms. The summed E-state index contributed by atoms with van der Waals surface area (Å²) in [6.07, 6.45) is 22.1. The molecule has 0 unspecified atom stereocenters. The fourth-order valence-electron chi connectivity index (χ4n) is 5.29. The van der Waals surface area contributed by atoms with E-state index < -0.39 is 7.69 Å². The molecule has 226 valence electrons. The summed E-state index contributed by atoms with van der Waals surface area (Å²) < 4.78 is 2.84. The molecule has 0 rings (SSSR count). The third kappa shape index (κ3) is 25.9. The van der Waals surface area contributed by atoms with Crippen molar-refractivity contribution in [2.75, 3.05) is 52.4 Å². The molecule has 0 fully saturated rings. The Bertz CT molecular complexity index is 299. The minimum atomic E-state index is -1.25. The second kappa shape index (κ2) is 32.1. The largest absolute Gasteiger partial charge is 0.896 e. The molecule has 0 saturated carbocycles. The monoisotopic (exact) mass is 529 g/mol. The molecule has 0 aliphatic heterocycles. The minimum absolute atomic E-state index is 1.25. The first-order valence-corrected chi connectivity index (χ1v) is 16.8. The van der Waals surface area contributed by atoms with E-state index in [1.54, 1.807) is 0 Å². The van der Waals surface area contributed by atoms with E-state index in [9.17, 15) is 0 Å². The average Bonchev–Trinajstić information content (AvgIpc) is 2.92. The fourth-order valence-corrected chi connectivity index (χ4v) is 5.29. The zero-order valence-electron chi connectivity index (χ0n) is 27.4. The van der Waals surface area contributed by atoms with Gasteiger partial charge < -0.3 is 19.0 Å².